The van der Waals surface area contributed by atoms with Crippen LogP contribution in [0.3, 0.4) is 0 Å². The van der Waals surface area contributed by atoms with Crippen molar-refractivity contribution in [3.63, 3.8) is 0 Å². The molecule has 27 heavy (non-hydrogen) atoms. The van der Waals surface area contributed by atoms with Crippen LogP contribution >= 0.6 is 0 Å². The third kappa shape index (κ3) is 4.61. The van der Waals surface area contributed by atoms with E-state index in [1.54, 1.807) is 25.1 Å². The van der Waals surface area contributed by atoms with Crippen LogP contribution in [0.15, 0.2) is 53.3 Å². The SMILES string of the molecule is COC1=C(C(=O)/C=C/c2ccc(F)cc2)C(O)C(C)(CC=C(C)C)C(=O)C1. The summed E-state index contributed by atoms with van der Waals surface area (Å²) in [5.74, 6) is -0.766. The Labute approximate surface area is 159 Å². The summed E-state index contributed by atoms with van der Waals surface area (Å²) >= 11 is 0. The Bertz CT molecular complexity index is 813. The van der Waals surface area contributed by atoms with E-state index < -0.39 is 17.3 Å². The van der Waals surface area contributed by atoms with E-state index in [4.69, 9.17) is 4.74 Å². The van der Waals surface area contributed by atoms with Crippen molar-refractivity contribution in [1.82, 2.24) is 0 Å². The lowest BCUT2D eigenvalue weighted by Crippen LogP contribution is -2.46. The first kappa shape index (κ1) is 20.8. The summed E-state index contributed by atoms with van der Waals surface area (Å²) < 4.78 is 18.2. The number of aliphatic hydroxyl groups is 1. The standard InChI is InChI=1S/C22H25FO4/c1-14(2)11-12-22(3)19(25)13-18(27-4)20(21(22)26)17(24)10-7-15-5-8-16(23)9-6-15/h5-11,21,26H,12-13H2,1-4H3/b10-7+. The Kier molecular flexibility index (Phi) is 6.50. The summed E-state index contributed by atoms with van der Waals surface area (Å²) in [5, 5.41) is 10.9. The molecule has 144 valence electrons. The monoisotopic (exact) mass is 372 g/mol. The number of hydrogen-bond donors (Lipinski definition) is 1. The van der Waals surface area contributed by atoms with E-state index in [0.717, 1.165) is 5.57 Å². The molecule has 0 amide bonds. The van der Waals surface area contributed by atoms with Crippen LogP contribution < -0.4 is 0 Å². The molecule has 1 aromatic rings. The van der Waals surface area contributed by atoms with Gasteiger partial charge in [0, 0.05) is 0 Å². The predicted octanol–water partition coefficient (Wildman–Crippen LogP) is 4.00. The molecule has 1 aromatic carbocycles. The summed E-state index contributed by atoms with van der Waals surface area (Å²) in [6.45, 7) is 5.50. The number of Topliss-reactive ketones (excluding diaryl/α,β-unsaturated/α-hetero) is 1. The number of allylic oxidation sites excluding steroid dienone is 4. The molecule has 0 spiro atoms. The van der Waals surface area contributed by atoms with Gasteiger partial charge in [-0.2, -0.15) is 0 Å². The zero-order valence-corrected chi connectivity index (χ0v) is 16.1. The minimum absolute atomic E-state index is 0.0356. The van der Waals surface area contributed by atoms with Crippen molar-refractivity contribution in [2.24, 2.45) is 5.41 Å². The fourth-order valence-electron chi connectivity index (χ4n) is 3.00. The molecule has 0 saturated heterocycles. The zero-order chi connectivity index (χ0) is 20.2. The number of ether oxygens (including phenoxy) is 1. The van der Waals surface area contributed by atoms with E-state index in [2.05, 4.69) is 0 Å². The number of methoxy groups -OCH3 is 1. The van der Waals surface area contributed by atoms with Crippen molar-refractivity contribution in [2.45, 2.75) is 39.7 Å². The molecule has 0 bridgehead atoms. The first-order valence-corrected chi connectivity index (χ1v) is 8.78. The summed E-state index contributed by atoms with van der Waals surface area (Å²) in [5.41, 5.74) is 0.688. The van der Waals surface area contributed by atoms with Crippen molar-refractivity contribution in [3.05, 3.63) is 64.7 Å². The average molecular weight is 372 g/mol. The molecule has 0 radical (unpaired) electrons. The lowest BCUT2D eigenvalue weighted by Gasteiger charge is -2.37. The summed E-state index contributed by atoms with van der Waals surface area (Å²) in [4.78, 5) is 25.4. The van der Waals surface area contributed by atoms with Gasteiger partial charge in [0.05, 0.1) is 30.6 Å². The fourth-order valence-corrected chi connectivity index (χ4v) is 3.00. The van der Waals surface area contributed by atoms with Gasteiger partial charge in [0.2, 0.25) is 0 Å². The number of carbonyl (C=O) groups is 2. The third-order valence-corrected chi connectivity index (χ3v) is 4.88. The Morgan fingerprint density at radius 1 is 1.33 bits per heavy atom. The number of carbonyl (C=O) groups excluding carboxylic acids is 2. The van der Waals surface area contributed by atoms with E-state index in [9.17, 15) is 19.1 Å². The first-order chi connectivity index (χ1) is 12.7. The molecule has 0 heterocycles. The number of aliphatic hydroxyl groups excluding tert-OH is 1. The molecule has 1 N–H and O–H groups in total. The van der Waals surface area contributed by atoms with Gasteiger partial charge >= 0.3 is 0 Å². The van der Waals surface area contributed by atoms with Crippen LogP contribution in [0.5, 0.6) is 0 Å². The highest BCUT2D eigenvalue weighted by molar-refractivity contribution is 6.09. The Hall–Kier alpha value is -2.53. The van der Waals surface area contributed by atoms with Crippen molar-refractivity contribution < 1.29 is 23.8 Å². The van der Waals surface area contributed by atoms with Crippen molar-refractivity contribution in [2.75, 3.05) is 7.11 Å². The maximum atomic E-state index is 13.0. The third-order valence-electron chi connectivity index (χ3n) is 4.88. The Morgan fingerprint density at radius 2 is 1.96 bits per heavy atom. The molecule has 0 aromatic heterocycles. The van der Waals surface area contributed by atoms with Gasteiger partial charge in [-0.1, -0.05) is 29.9 Å². The van der Waals surface area contributed by atoms with Crippen LogP contribution in [0.25, 0.3) is 6.08 Å². The number of rotatable bonds is 6. The minimum Gasteiger partial charge on any atom is -0.500 e. The van der Waals surface area contributed by atoms with E-state index in [1.165, 1.54) is 25.3 Å². The molecule has 0 fully saturated rings. The zero-order valence-electron chi connectivity index (χ0n) is 16.1. The molecule has 0 saturated carbocycles. The quantitative estimate of drug-likeness (QED) is 0.605. The predicted molar refractivity (Wildman–Crippen MR) is 102 cm³/mol. The number of ketones is 2. The molecule has 4 nitrogen and oxygen atoms in total. The van der Waals surface area contributed by atoms with Crippen LogP contribution in [0.1, 0.15) is 39.2 Å². The van der Waals surface area contributed by atoms with E-state index in [0.29, 0.717) is 12.0 Å². The number of hydrogen-bond acceptors (Lipinski definition) is 4. The highest BCUT2D eigenvalue weighted by Crippen LogP contribution is 2.40. The molecule has 0 aliphatic heterocycles. The van der Waals surface area contributed by atoms with Gasteiger partial charge in [0.15, 0.2) is 5.78 Å². The average Bonchev–Trinajstić information content (AvgIpc) is 2.63. The molecule has 5 heteroatoms. The van der Waals surface area contributed by atoms with Crippen molar-refractivity contribution in [3.8, 4) is 0 Å². The van der Waals surface area contributed by atoms with Crippen LogP contribution in [0, 0.1) is 11.2 Å². The number of halogens is 1. The highest BCUT2D eigenvalue weighted by Gasteiger charge is 2.47. The smallest absolute Gasteiger partial charge is 0.187 e. The van der Waals surface area contributed by atoms with Gasteiger partial charge in [0.1, 0.15) is 17.4 Å². The second-order valence-corrected chi connectivity index (χ2v) is 7.20. The largest absolute Gasteiger partial charge is 0.500 e. The lowest BCUT2D eigenvalue weighted by atomic mass is 9.68. The van der Waals surface area contributed by atoms with E-state index >= 15 is 0 Å². The number of benzene rings is 1. The molecule has 2 rings (SSSR count). The molecule has 2 unspecified atom stereocenters. The van der Waals surface area contributed by atoms with Gasteiger partial charge in [-0.05, 0) is 51.0 Å². The molecular formula is C22H25FO4. The fraction of sp³-hybridized carbons (Fsp3) is 0.364. The second-order valence-electron chi connectivity index (χ2n) is 7.20. The minimum atomic E-state index is -1.27. The molecular weight excluding hydrogens is 347 g/mol. The summed E-state index contributed by atoms with van der Waals surface area (Å²) in [7, 11) is 1.38. The van der Waals surface area contributed by atoms with Crippen LogP contribution in [0.4, 0.5) is 4.39 Å². The van der Waals surface area contributed by atoms with Gasteiger partial charge in [-0.25, -0.2) is 4.39 Å². The maximum absolute atomic E-state index is 13.0. The van der Waals surface area contributed by atoms with Crippen LogP contribution in [-0.2, 0) is 14.3 Å². The first-order valence-electron chi connectivity index (χ1n) is 8.78. The van der Waals surface area contributed by atoms with E-state index in [-0.39, 0.29) is 29.4 Å². The van der Waals surface area contributed by atoms with Gasteiger partial charge < -0.3 is 9.84 Å². The lowest BCUT2D eigenvalue weighted by molar-refractivity contribution is -0.135. The van der Waals surface area contributed by atoms with Gasteiger partial charge in [-0.15, -0.1) is 0 Å². The highest BCUT2D eigenvalue weighted by atomic mass is 19.1. The van der Waals surface area contributed by atoms with Gasteiger partial charge in [0.25, 0.3) is 0 Å². The normalized spacial score (nSPS) is 22.9. The Morgan fingerprint density at radius 3 is 2.52 bits per heavy atom. The van der Waals surface area contributed by atoms with Crippen molar-refractivity contribution in [1.29, 1.82) is 0 Å². The second kappa shape index (κ2) is 8.44. The topological polar surface area (TPSA) is 63.6 Å². The summed E-state index contributed by atoms with van der Waals surface area (Å²) in [6.07, 6.45) is 3.77. The maximum Gasteiger partial charge on any atom is 0.187 e. The summed E-state index contributed by atoms with van der Waals surface area (Å²) in [6, 6.07) is 5.69. The molecule has 1 aliphatic carbocycles. The van der Waals surface area contributed by atoms with Gasteiger partial charge in [-0.3, -0.25) is 9.59 Å². The molecule has 1 aliphatic rings. The Balaban J connectivity index is 2.35. The van der Waals surface area contributed by atoms with Crippen molar-refractivity contribution >= 4 is 17.6 Å². The van der Waals surface area contributed by atoms with Crippen LogP contribution in [0.2, 0.25) is 0 Å². The van der Waals surface area contributed by atoms with Crippen LogP contribution in [-0.4, -0.2) is 29.9 Å². The van der Waals surface area contributed by atoms with E-state index in [1.807, 2.05) is 19.9 Å². The molecule has 2 atom stereocenters.